The van der Waals surface area contributed by atoms with Gasteiger partial charge < -0.3 is 14.4 Å². The molecule has 0 bridgehead atoms. The number of nitrogens with zero attached hydrogens (tertiary/aromatic N) is 3. The Kier molecular flexibility index (Phi) is 10.3. The van der Waals surface area contributed by atoms with Gasteiger partial charge in [-0.05, 0) is 67.8 Å². The number of aromatic nitrogens is 1. The van der Waals surface area contributed by atoms with Gasteiger partial charge in [-0.2, -0.15) is 0 Å². The van der Waals surface area contributed by atoms with E-state index in [1.165, 1.54) is 23.8 Å². The van der Waals surface area contributed by atoms with E-state index in [1.807, 2.05) is 49.2 Å². The summed E-state index contributed by atoms with van der Waals surface area (Å²) >= 11 is 3.48. The van der Waals surface area contributed by atoms with Crippen molar-refractivity contribution >= 4 is 27.7 Å². The molecule has 0 N–H and O–H groups in total. The number of carbonyl (C=O) groups excluding carboxylic acids is 2. The minimum Gasteiger partial charge on any atom is -0.345 e. The van der Waals surface area contributed by atoms with E-state index in [1.54, 1.807) is 11.0 Å². The van der Waals surface area contributed by atoms with Crippen LogP contribution in [0.1, 0.15) is 61.6 Å². The molecule has 2 aromatic carbocycles. The van der Waals surface area contributed by atoms with Crippen LogP contribution in [0.15, 0.2) is 71.3 Å². The third-order valence-corrected chi connectivity index (χ3v) is 6.97. The van der Waals surface area contributed by atoms with Crippen molar-refractivity contribution in [3.8, 4) is 0 Å². The summed E-state index contributed by atoms with van der Waals surface area (Å²) in [6.07, 6.45) is 4.56. The lowest BCUT2D eigenvalue weighted by molar-refractivity contribution is -0.133. The van der Waals surface area contributed by atoms with Crippen LogP contribution in [0.3, 0.4) is 0 Å². The second-order valence-electron chi connectivity index (χ2n) is 9.12. The van der Waals surface area contributed by atoms with Gasteiger partial charge >= 0.3 is 0 Å². The Labute approximate surface area is 222 Å². The van der Waals surface area contributed by atoms with Crippen molar-refractivity contribution in [1.29, 1.82) is 0 Å². The van der Waals surface area contributed by atoms with Crippen LogP contribution in [0.25, 0.3) is 0 Å². The van der Waals surface area contributed by atoms with Gasteiger partial charge in [-0.15, -0.1) is 0 Å². The van der Waals surface area contributed by atoms with Crippen molar-refractivity contribution in [3.05, 3.63) is 94.0 Å². The molecule has 3 rings (SSSR count). The van der Waals surface area contributed by atoms with Gasteiger partial charge in [0.1, 0.15) is 12.4 Å². The number of benzene rings is 2. The van der Waals surface area contributed by atoms with E-state index in [9.17, 15) is 14.0 Å². The second kappa shape index (κ2) is 13.4. The third kappa shape index (κ3) is 7.53. The molecule has 3 aromatic rings. The maximum atomic E-state index is 13.8. The molecule has 7 heteroatoms. The molecule has 1 heterocycles. The molecule has 0 aliphatic rings. The molecule has 36 heavy (non-hydrogen) atoms. The van der Waals surface area contributed by atoms with E-state index >= 15 is 0 Å². The van der Waals surface area contributed by atoms with Gasteiger partial charge in [0.15, 0.2) is 0 Å². The Morgan fingerprint density at radius 1 is 1.06 bits per heavy atom. The monoisotopic (exact) mass is 555 g/mol. The maximum absolute atomic E-state index is 13.8. The molecule has 5 nitrogen and oxygen atoms in total. The molecule has 0 spiro atoms. The molecule has 0 saturated carbocycles. The SMILES string of the molecule is CCCCN(Cc1cccn1Cc1ccc(Br)cc1)C(=O)CN(C(=O)c1cccc(F)c1)C(C)CC. The molecular formula is C29H35BrFN3O2. The Morgan fingerprint density at radius 2 is 1.81 bits per heavy atom. The summed E-state index contributed by atoms with van der Waals surface area (Å²) in [6.45, 7) is 7.74. The predicted octanol–water partition coefficient (Wildman–Crippen LogP) is 6.51. The third-order valence-electron chi connectivity index (χ3n) is 6.44. The average molecular weight is 557 g/mol. The first-order valence-electron chi connectivity index (χ1n) is 12.5. The summed E-state index contributed by atoms with van der Waals surface area (Å²) < 4.78 is 17.0. The lowest BCUT2D eigenvalue weighted by Gasteiger charge is -2.31. The van der Waals surface area contributed by atoms with Crippen LogP contribution in [-0.2, 0) is 17.9 Å². The van der Waals surface area contributed by atoms with Crippen molar-refractivity contribution in [3.63, 3.8) is 0 Å². The molecule has 192 valence electrons. The van der Waals surface area contributed by atoms with Crippen LogP contribution in [-0.4, -0.2) is 45.3 Å². The number of halogens is 2. The van der Waals surface area contributed by atoms with Crippen LogP contribution in [0.2, 0.25) is 0 Å². The predicted molar refractivity (Wildman–Crippen MR) is 145 cm³/mol. The fourth-order valence-corrected chi connectivity index (χ4v) is 4.32. The average Bonchev–Trinajstić information content (AvgIpc) is 3.31. The molecule has 0 radical (unpaired) electrons. The normalized spacial score (nSPS) is 11.8. The van der Waals surface area contributed by atoms with Gasteiger partial charge in [0.2, 0.25) is 5.91 Å². The summed E-state index contributed by atoms with van der Waals surface area (Å²) in [5.41, 5.74) is 2.46. The molecule has 0 fully saturated rings. The van der Waals surface area contributed by atoms with Gasteiger partial charge in [-0.3, -0.25) is 9.59 Å². The van der Waals surface area contributed by atoms with Crippen LogP contribution in [0.5, 0.6) is 0 Å². The zero-order valence-corrected chi connectivity index (χ0v) is 22.9. The van der Waals surface area contributed by atoms with Crippen LogP contribution >= 0.6 is 15.9 Å². The standard InChI is InChI=1S/C29H35BrFN3O2/c1-4-6-16-33(20-27-11-8-17-32(27)19-23-12-14-25(30)15-13-23)28(35)21-34(22(3)5-2)29(36)24-9-7-10-26(31)18-24/h7-15,17-18,22H,4-6,16,19-21H2,1-3H3. The Morgan fingerprint density at radius 3 is 2.47 bits per heavy atom. The highest BCUT2D eigenvalue weighted by Crippen LogP contribution is 2.17. The molecule has 1 atom stereocenters. The molecule has 0 aliphatic carbocycles. The largest absolute Gasteiger partial charge is 0.345 e. The summed E-state index contributed by atoms with van der Waals surface area (Å²) in [6, 6.07) is 17.7. The lowest BCUT2D eigenvalue weighted by Crippen LogP contribution is -2.46. The number of unbranched alkanes of at least 4 members (excludes halogenated alkanes) is 1. The zero-order valence-electron chi connectivity index (χ0n) is 21.3. The highest BCUT2D eigenvalue weighted by molar-refractivity contribution is 9.10. The maximum Gasteiger partial charge on any atom is 0.254 e. The summed E-state index contributed by atoms with van der Waals surface area (Å²) in [5, 5.41) is 0. The first-order chi connectivity index (χ1) is 17.3. The van der Waals surface area contributed by atoms with Gasteiger partial charge in [-0.1, -0.05) is 54.4 Å². The topological polar surface area (TPSA) is 45.6 Å². The highest BCUT2D eigenvalue weighted by Gasteiger charge is 2.26. The highest BCUT2D eigenvalue weighted by atomic mass is 79.9. The fourth-order valence-electron chi connectivity index (χ4n) is 4.05. The van der Waals surface area contributed by atoms with Crippen LogP contribution in [0.4, 0.5) is 4.39 Å². The van der Waals surface area contributed by atoms with Crippen molar-refractivity contribution in [2.45, 2.75) is 59.2 Å². The summed E-state index contributed by atoms with van der Waals surface area (Å²) in [5.74, 6) is -0.900. The number of hydrogen-bond donors (Lipinski definition) is 0. The molecule has 0 saturated heterocycles. The van der Waals surface area contributed by atoms with Crippen molar-refractivity contribution in [2.24, 2.45) is 0 Å². The number of hydrogen-bond acceptors (Lipinski definition) is 2. The second-order valence-corrected chi connectivity index (χ2v) is 10.0. The molecule has 1 aromatic heterocycles. The van der Waals surface area contributed by atoms with E-state index < -0.39 is 5.82 Å². The van der Waals surface area contributed by atoms with Crippen LogP contribution < -0.4 is 0 Å². The minimum atomic E-state index is -0.465. The molecule has 2 amide bonds. The first-order valence-corrected chi connectivity index (χ1v) is 13.3. The van der Waals surface area contributed by atoms with E-state index in [0.29, 0.717) is 26.1 Å². The Hall–Kier alpha value is -2.93. The minimum absolute atomic E-state index is 0.0402. The fraction of sp³-hybridized carbons (Fsp3) is 0.379. The van der Waals surface area contributed by atoms with Gasteiger partial charge in [0.25, 0.3) is 5.91 Å². The lowest BCUT2D eigenvalue weighted by atomic mass is 10.1. The molecular weight excluding hydrogens is 521 g/mol. The van der Waals surface area contributed by atoms with E-state index in [2.05, 4.69) is 39.6 Å². The zero-order chi connectivity index (χ0) is 26.1. The van der Waals surface area contributed by atoms with Gasteiger partial charge in [-0.25, -0.2) is 4.39 Å². The first kappa shape index (κ1) is 27.7. The quantitative estimate of drug-likeness (QED) is 0.256. The smallest absolute Gasteiger partial charge is 0.254 e. The van der Waals surface area contributed by atoms with Crippen molar-refractivity contribution < 1.29 is 14.0 Å². The Balaban J connectivity index is 1.78. The van der Waals surface area contributed by atoms with E-state index in [0.717, 1.165) is 23.0 Å². The number of amides is 2. The number of rotatable bonds is 12. The van der Waals surface area contributed by atoms with Gasteiger partial charge in [0.05, 0.1) is 6.54 Å². The van der Waals surface area contributed by atoms with Crippen LogP contribution in [0, 0.1) is 5.82 Å². The summed E-state index contributed by atoms with van der Waals surface area (Å²) in [7, 11) is 0. The van der Waals surface area contributed by atoms with Gasteiger partial charge in [0, 0.05) is 41.1 Å². The molecule has 1 unspecified atom stereocenters. The van der Waals surface area contributed by atoms with Crippen molar-refractivity contribution in [2.75, 3.05) is 13.1 Å². The van der Waals surface area contributed by atoms with Crippen molar-refractivity contribution in [1.82, 2.24) is 14.4 Å². The Bertz CT molecular complexity index is 1150. The van der Waals surface area contributed by atoms with E-state index in [4.69, 9.17) is 0 Å². The summed E-state index contributed by atoms with van der Waals surface area (Å²) in [4.78, 5) is 30.2. The van der Waals surface area contributed by atoms with E-state index in [-0.39, 0.29) is 30.0 Å². The molecule has 0 aliphatic heterocycles. The number of carbonyl (C=O) groups is 2.